The van der Waals surface area contributed by atoms with Crippen molar-refractivity contribution in [3.05, 3.63) is 35.9 Å². The summed E-state index contributed by atoms with van der Waals surface area (Å²) in [5, 5.41) is 0. The summed E-state index contributed by atoms with van der Waals surface area (Å²) in [6.07, 6.45) is 3.67. The second kappa shape index (κ2) is 8.94. The molecule has 0 unspecified atom stereocenters. The Kier molecular flexibility index (Phi) is 6.56. The number of ether oxygens (including phenoxy) is 1. The normalized spacial score (nSPS) is 22.0. The van der Waals surface area contributed by atoms with Crippen LogP contribution in [0.2, 0.25) is 0 Å². The van der Waals surface area contributed by atoms with Crippen LogP contribution in [0.1, 0.15) is 44.1 Å². The molecular weight excluding hydrogens is 396 g/mol. The molecule has 1 aromatic rings. The van der Waals surface area contributed by atoms with E-state index in [1.807, 2.05) is 30.3 Å². The average Bonchev–Trinajstić information content (AvgIpc) is 3.32. The van der Waals surface area contributed by atoms with Gasteiger partial charge in [0.25, 0.3) is 5.91 Å². The first-order valence-corrected chi connectivity index (χ1v) is 11.6. The zero-order valence-electron chi connectivity index (χ0n) is 16.2. The molecule has 1 atom stereocenters. The van der Waals surface area contributed by atoms with E-state index in [0.717, 1.165) is 18.4 Å². The van der Waals surface area contributed by atoms with E-state index in [4.69, 9.17) is 4.74 Å². The van der Waals surface area contributed by atoms with E-state index in [9.17, 15) is 22.8 Å². The Labute approximate surface area is 170 Å². The number of amides is 2. The zero-order chi connectivity index (χ0) is 20.9. The molecule has 2 amide bonds. The molecule has 2 N–H and O–H groups in total. The lowest BCUT2D eigenvalue weighted by molar-refractivity contribution is -0.154. The van der Waals surface area contributed by atoms with Gasteiger partial charge < -0.3 is 4.74 Å². The van der Waals surface area contributed by atoms with Gasteiger partial charge in [-0.25, -0.2) is 8.42 Å². The highest BCUT2D eigenvalue weighted by Crippen LogP contribution is 2.42. The van der Waals surface area contributed by atoms with Crippen LogP contribution in [0.15, 0.2) is 30.3 Å². The van der Waals surface area contributed by atoms with E-state index in [1.165, 1.54) is 0 Å². The first kappa shape index (κ1) is 21.3. The summed E-state index contributed by atoms with van der Waals surface area (Å²) >= 11 is 0. The predicted molar refractivity (Wildman–Crippen MR) is 105 cm³/mol. The molecular formula is C20H26N2O6S. The predicted octanol–water partition coefficient (Wildman–Crippen LogP) is 1.01. The number of hydrogen-bond acceptors (Lipinski definition) is 6. The van der Waals surface area contributed by atoms with Crippen molar-refractivity contribution in [1.82, 2.24) is 10.9 Å². The summed E-state index contributed by atoms with van der Waals surface area (Å²) in [6, 6.07) is 9.43. The Hall–Kier alpha value is -2.42. The van der Waals surface area contributed by atoms with Crippen LogP contribution in [0.25, 0.3) is 0 Å². The zero-order valence-corrected chi connectivity index (χ0v) is 17.0. The summed E-state index contributed by atoms with van der Waals surface area (Å²) in [4.78, 5) is 36.6. The molecule has 1 aromatic carbocycles. The van der Waals surface area contributed by atoms with Gasteiger partial charge in [0.2, 0.25) is 5.91 Å². The van der Waals surface area contributed by atoms with E-state index in [-0.39, 0.29) is 23.8 Å². The van der Waals surface area contributed by atoms with Crippen LogP contribution in [0.3, 0.4) is 0 Å². The Balaban J connectivity index is 1.45. The Morgan fingerprint density at radius 1 is 1.03 bits per heavy atom. The fourth-order valence-electron chi connectivity index (χ4n) is 4.14. The quantitative estimate of drug-likeness (QED) is 0.522. The van der Waals surface area contributed by atoms with Crippen molar-refractivity contribution in [3.63, 3.8) is 0 Å². The molecule has 29 heavy (non-hydrogen) atoms. The molecule has 0 radical (unpaired) electrons. The van der Waals surface area contributed by atoms with Crippen molar-refractivity contribution in [2.45, 2.75) is 43.9 Å². The maximum absolute atomic E-state index is 12.8. The monoisotopic (exact) mass is 422 g/mol. The topological polar surface area (TPSA) is 119 Å². The van der Waals surface area contributed by atoms with Crippen molar-refractivity contribution in [2.24, 2.45) is 5.92 Å². The van der Waals surface area contributed by atoms with Gasteiger partial charge in [-0.1, -0.05) is 43.2 Å². The third-order valence-corrected chi connectivity index (χ3v) is 7.49. The lowest BCUT2D eigenvalue weighted by Crippen LogP contribution is -2.45. The second-order valence-corrected chi connectivity index (χ2v) is 10.0. The first-order chi connectivity index (χ1) is 13.8. The van der Waals surface area contributed by atoms with E-state index in [1.54, 1.807) is 0 Å². The molecule has 1 aliphatic carbocycles. The maximum Gasteiger partial charge on any atom is 0.317 e. The summed E-state index contributed by atoms with van der Waals surface area (Å²) in [7, 11) is -3.05. The highest BCUT2D eigenvalue weighted by molar-refractivity contribution is 7.91. The van der Waals surface area contributed by atoms with Crippen LogP contribution in [-0.2, 0) is 34.4 Å². The molecule has 3 rings (SSSR count). The molecule has 9 heteroatoms. The van der Waals surface area contributed by atoms with E-state index >= 15 is 0 Å². The number of sulfone groups is 1. The Bertz CT molecular complexity index is 862. The van der Waals surface area contributed by atoms with Crippen molar-refractivity contribution in [1.29, 1.82) is 0 Å². The Morgan fingerprint density at radius 3 is 2.31 bits per heavy atom. The van der Waals surface area contributed by atoms with Crippen LogP contribution in [0.4, 0.5) is 0 Å². The van der Waals surface area contributed by atoms with Crippen LogP contribution in [0.5, 0.6) is 0 Å². The average molecular weight is 423 g/mol. The molecule has 0 spiro atoms. The number of benzene rings is 1. The highest BCUT2D eigenvalue weighted by atomic mass is 32.2. The summed E-state index contributed by atoms with van der Waals surface area (Å²) in [6.45, 7) is -0.495. The minimum atomic E-state index is -3.05. The number of rotatable bonds is 6. The van der Waals surface area contributed by atoms with Gasteiger partial charge in [-0.3, -0.25) is 25.2 Å². The number of hydrazine groups is 1. The lowest BCUT2D eigenvalue weighted by Gasteiger charge is -2.27. The third kappa shape index (κ3) is 5.35. The molecule has 158 valence electrons. The smallest absolute Gasteiger partial charge is 0.317 e. The molecule has 0 aromatic heterocycles. The lowest BCUT2D eigenvalue weighted by atomic mass is 9.79. The van der Waals surface area contributed by atoms with Crippen molar-refractivity contribution < 1.29 is 27.5 Å². The number of carbonyl (C=O) groups excluding carboxylic acids is 3. The standard InChI is InChI=1S/C20H26N2O6S/c23-17(12-15-8-11-29(26,27)14-15)21-22-18(24)13-28-19(25)20(9-4-5-10-20)16-6-2-1-3-7-16/h1-3,6-7,15H,4-5,8-14H2,(H,21,23)(H,22,24)/t15-/m0/s1. The molecule has 1 aliphatic heterocycles. The number of carbonyl (C=O) groups is 3. The van der Waals surface area contributed by atoms with Gasteiger partial charge in [-0.05, 0) is 30.7 Å². The molecule has 1 saturated heterocycles. The van der Waals surface area contributed by atoms with Crippen LogP contribution >= 0.6 is 0 Å². The minimum Gasteiger partial charge on any atom is -0.455 e. The molecule has 8 nitrogen and oxygen atoms in total. The van der Waals surface area contributed by atoms with Crippen molar-refractivity contribution in [3.8, 4) is 0 Å². The summed E-state index contributed by atoms with van der Waals surface area (Å²) in [5.41, 5.74) is 4.62. The van der Waals surface area contributed by atoms with Crippen LogP contribution in [-0.4, -0.2) is 44.3 Å². The van der Waals surface area contributed by atoms with Gasteiger partial charge in [0.05, 0.1) is 16.9 Å². The summed E-state index contributed by atoms with van der Waals surface area (Å²) < 4.78 is 28.1. The fourth-order valence-corrected chi connectivity index (χ4v) is 6.00. The van der Waals surface area contributed by atoms with Gasteiger partial charge in [0, 0.05) is 6.42 Å². The van der Waals surface area contributed by atoms with E-state index in [0.29, 0.717) is 19.3 Å². The Morgan fingerprint density at radius 2 is 1.69 bits per heavy atom. The van der Waals surface area contributed by atoms with Crippen molar-refractivity contribution in [2.75, 3.05) is 18.1 Å². The second-order valence-electron chi connectivity index (χ2n) is 7.80. The number of nitrogens with one attached hydrogen (secondary N) is 2. The number of esters is 1. The number of hydrogen-bond donors (Lipinski definition) is 2. The highest BCUT2D eigenvalue weighted by Gasteiger charge is 2.44. The molecule has 1 heterocycles. The SMILES string of the molecule is O=C(COC(=O)C1(c2ccccc2)CCCC1)NNC(=O)C[C@@H]1CCS(=O)(=O)C1. The maximum atomic E-state index is 12.8. The molecule has 1 saturated carbocycles. The fraction of sp³-hybridized carbons (Fsp3) is 0.550. The van der Waals surface area contributed by atoms with E-state index < -0.39 is 39.6 Å². The van der Waals surface area contributed by atoms with Crippen LogP contribution < -0.4 is 10.9 Å². The van der Waals surface area contributed by atoms with Gasteiger partial charge >= 0.3 is 5.97 Å². The van der Waals surface area contributed by atoms with Crippen molar-refractivity contribution >= 4 is 27.6 Å². The third-order valence-electron chi connectivity index (χ3n) is 5.65. The minimum absolute atomic E-state index is 0.00640. The van der Waals surface area contributed by atoms with Gasteiger partial charge in [0.1, 0.15) is 0 Å². The van der Waals surface area contributed by atoms with Gasteiger partial charge in [-0.2, -0.15) is 0 Å². The van der Waals surface area contributed by atoms with Gasteiger partial charge in [-0.15, -0.1) is 0 Å². The largest absolute Gasteiger partial charge is 0.455 e. The molecule has 0 bridgehead atoms. The van der Waals surface area contributed by atoms with Gasteiger partial charge in [0.15, 0.2) is 16.4 Å². The molecule has 2 aliphatic rings. The molecule has 2 fully saturated rings. The van der Waals surface area contributed by atoms with E-state index in [2.05, 4.69) is 10.9 Å². The first-order valence-electron chi connectivity index (χ1n) is 9.82. The van der Waals surface area contributed by atoms with Crippen LogP contribution in [0, 0.1) is 5.92 Å². The summed E-state index contributed by atoms with van der Waals surface area (Å²) in [5.74, 6) is -1.69.